The van der Waals surface area contributed by atoms with Crippen molar-refractivity contribution in [3.63, 3.8) is 0 Å². The third-order valence-corrected chi connectivity index (χ3v) is 2.55. The fraction of sp³-hybridized carbons (Fsp3) is 0.143. The number of nitrogens with zero attached hydrogens (tertiary/aromatic N) is 2. The average molecular weight is 257 g/mol. The summed E-state index contributed by atoms with van der Waals surface area (Å²) in [5, 5.41) is 8.29. The van der Waals surface area contributed by atoms with E-state index in [0.717, 1.165) is 11.4 Å². The number of ether oxygens (including phenoxy) is 2. The standard InChI is InChI=1S/C14H15N3O2/c1-18-12-6-4-11(5-7-12)16-17-13-8-3-10(15)9-14(13)19-2/h3-9H,15H2,1-2H3. The van der Waals surface area contributed by atoms with Crippen molar-refractivity contribution in [1.82, 2.24) is 0 Å². The monoisotopic (exact) mass is 257 g/mol. The van der Waals surface area contributed by atoms with Crippen LogP contribution in [0.2, 0.25) is 0 Å². The Balaban J connectivity index is 2.21. The van der Waals surface area contributed by atoms with E-state index < -0.39 is 0 Å². The van der Waals surface area contributed by atoms with Crippen molar-refractivity contribution in [2.75, 3.05) is 20.0 Å². The van der Waals surface area contributed by atoms with Gasteiger partial charge in [-0.05, 0) is 36.4 Å². The van der Waals surface area contributed by atoms with E-state index in [-0.39, 0.29) is 0 Å². The largest absolute Gasteiger partial charge is 0.497 e. The highest BCUT2D eigenvalue weighted by atomic mass is 16.5. The lowest BCUT2D eigenvalue weighted by atomic mass is 10.2. The SMILES string of the molecule is COc1ccc(N=Nc2ccc(N)cc2OC)cc1. The Morgan fingerprint density at radius 1 is 0.895 bits per heavy atom. The lowest BCUT2D eigenvalue weighted by molar-refractivity contribution is 0.414. The van der Waals surface area contributed by atoms with Gasteiger partial charge in [-0.15, -0.1) is 5.11 Å². The van der Waals surface area contributed by atoms with Gasteiger partial charge in [0.25, 0.3) is 0 Å². The van der Waals surface area contributed by atoms with E-state index >= 15 is 0 Å². The highest BCUT2D eigenvalue weighted by Crippen LogP contribution is 2.31. The topological polar surface area (TPSA) is 69.2 Å². The van der Waals surface area contributed by atoms with Gasteiger partial charge in [-0.25, -0.2) is 0 Å². The molecule has 19 heavy (non-hydrogen) atoms. The highest BCUT2D eigenvalue weighted by molar-refractivity contribution is 5.59. The Kier molecular flexibility index (Phi) is 3.97. The minimum Gasteiger partial charge on any atom is -0.497 e. The summed E-state index contributed by atoms with van der Waals surface area (Å²) in [5.74, 6) is 1.38. The summed E-state index contributed by atoms with van der Waals surface area (Å²) in [6.07, 6.45) is 0. The molecule has 5 nitrogen and oxygen atoms in total. The first-order chi connectivity index (χ1) is 9.22. The molecule has 2 aromatic carbocycles. The molecule has 0 aliphatic carbocycles. The van der Waals surface area contributed by atoms with E-state index in [1.54, 1.807) is 32.4 Å². The molecule has 0 saturated heterocycles. The Bertz CT molecular complexity index is 580. The van der Waals surface area contributed by atoms with Crippen molar-refractivity contribution in [2.45, 2.75) is 0 Å². The number of methoxy groups -OCH3 is 2. The van der Waals surface area contributed by atoms with Crippen molar-refractivity contribution in [1.29, 1.82) is 0 Å². The van der Waals surface area contributed by atoms with E-state index in [1.807, 2.05) is 24.3 Å². The second-order valence-electron chi connectivity index (χ2n) is 3.83. The minimum atomic E-state index is 0.595. The zero-order chi connectivity index (χ0) is 13.7. The maximum absolute atomic E-state index is 5.68. The average Bonchev–Trinajstić information content (AvgIpc) is 2.46. The fourth-order valence-corrected chi connectivity index (χ4v) is 1.54. The number of anilines is 1. The Labute approximate surface area is 111 Å². The van der Waals surface area contributed by atoms with Crippen LogP contribution in [0.5, 0.6) is 11.5 Å². The molecule has 0 heterocycles. The van der Waals surface area contributed by atoms with Crippen LogP contribution in [0.4, 0.5) is 17.1 Å². The first kappa shape index (κ1) is 12.9. The molecule has 98 valence electrons. The van der Waals surface area contributed by atoms with Gasteiger partial charge in [-0.2, -0.15) is 5.11 Å². The number of benzene rings is 2. The van der Waals surface area contributed by atoms with Gasteiger partial charge in [0.2, 0.25) is 0 Å². The zero-order valence-corrected chi connectivity index (χ0v) is 10.8. The molecule has 0 radical (unpaired) electrons. The van der Waals surface area contributed by atoms with Crippen LogP contribution in [0, 0.1) is 0 Å². The second kappa shape index (κ2) is 5.86. The van der Waals surface area contributed by atoms with E-state index in [1.165, 1.54) is 0 Å². The lowest BCUT2D eigenvalue weighted by Gasteiger charge is -2.04. The van der Waals surface area contributed by atoms with E-state index in [9.17, 15) is 0 Å². The molecule has 2 aromatic rings. The molecule has 0 spiro atoms. The molecule has 0 amide bonds. The Morgan fingerprint density at radius 3 is 2.26 bits per heavy atom. The maximum Gasteiger partial charge on any atom is 0.148 e. The molecular formula is C14H15N3O2. The predicted octanol–water partition coefficient (Wildman–Crippen LogP) is 3.70. The Hall–Kier alpha value is -2.56. The molecule has 0 saturated carbocycles. The lowest BCUT2D eigenvalue weighted by Crippen LogP contribution is -1.87. The zero-order valence-electron chi connectivity index (χ0n) is 10.8. The fourth-order valence-electron chi connectivity index (χ4n) is 1.54. The summed E-state index contributed by atoms with van der Waals surface area (Å²) in [6, 6.07) is 12.5. The van der Waals surface area contributed by atoms with Gasteiger partial charge in [0.15, 0.2) is 0 Å². The van der Waals surface area contributed by atoms with Crippen LogP contribution in [-0.4, -0.2) is 14.2 Å². The number of rotatable bonds is 4. The third kappa shape index (κ3) is 3.22. The van der Waals surface area contributed by atoms with Crippen LogP contribution in [0.25, 0.3) is 0 Å². The maximum atomic E-state index is 5.68. The summed E-state index contributed by atoms with van der Waals surface area (Å²) in [5.41, 5.74) is 7.67. The number of nitrogens with two attached hydrogens (primary N) is 1. The van der Waals surface area contributed by atoms with Crippen LogP contribution in [-0.2, 0) is 0 Å². The van der Waals surface area contributed by atoms with Gasteiger partial charge >= 0.3 is 0 Å². The molecule has 0 fully saturated rings. The molecule has 0 bridgehead atoms. The summed E-state index contributed by atoms with van der Waals surface area (Å²) in [7, 11) is 3.19. The molecule has 0 aliphatic rings. The van der Waals surface area contributed by atoms with E-state index in [2.05, 4.69) is 10.2 Å². The molecule has 0 atom stereocenters. The molecule has 0 aliphatic heterocycles. The molecular weight excluding hydrogens is 242 g/mol. The van der Waals surface area contributed by atoms with Crippen LogP contribution < -0.4 is 15.2 Å². The van der Waals surface area contributed by atoms with Crippen molar-refractivity contribution in [3.8, 4) is 11.5 Å². The highest BCUT2D eigenvalue weighted by Gasteiger charge is 2.02. The number of hydrogen-bond donors (Lipinski definition) is 1. The van der Waals surface area contributed by atoms with Crippen molar-refractivity contribution in [3.05, 3.63) is 42.5 Å². The Morgan fingerprint density at radius 2 is 1.63 bits per heavy atom. The third-order valence-electron chi connectivity index (χ3n) is 2.55. The van der Waals surface area contributed by atoms with Crippen molar-refractivity contribution < 1.29 is 9.47 Å². The van der Waals surface area contributed by atoms with E-state index in [0.29, 0.717) is 17.1 Å². The second-order valence-corrected chi connectivity index (χ2v) is 3.83. The van der Waals surface area contributed by atoms with Crippen LogP contribution in [0.15, 0.2) is 52.7 Å². The predicted molar refractivity (Wildman–Crippen MR) is 74.6 cm³/mol. The van der Waals surface area contributed by atoms with Gasteiger partial charge < -0.3 is 15.2 Å². The minimum absolute atomic E-state index is 0.595. The molecule has 5 heteroatoms. The molecule has 2 N–H and O–H groups in total. The summed E-state index contributed by atoms with van der Waals surface area (Å²) >= 11 is 0. The molecule has 0 aromatic heterocycles. The van der Waals surface area contributed by atoms with Crippen molar-refractivity contribution >= 4 is 17.1 Å². The van der Waals surface area contributed by atoms with Crippen LogP contribution in [0.3, 0.4) is 0 Å². The van der Waals surface area contributed by atoms with Crippen LogP contribution >= 0.6 is 0 Å². The first-order valence-electron chi connectivity index (χ1n) is 5.72. The molecule has 0 unspecified atom stereocenters. The smallest absolute Gasteiger partial charge is 0.148 e. The molecule has 2 rings (SSSR count). The summed E-state index contributed by atoms with van der Waals surface area (Å²) in [6.45, 7) is 0. The van der Waals surface area contributed by atoms with Gasteiger partial charge in [-0.3, -0.25) is 0 Å². The first-order valence-corrected chi connectivity index (χ1v) is 5.72. The normalized spacial score (nSPS) is 10.6. The van der Waals surface area contributed by atoms with Crippen molar-refractivity contribution in [2.24, 2.45) is 10.2 Å². The number of nitrogen functional groups attached to an aromatic ring is 1. The van der Waals surface area contributed by atoms with E-state index in [4.69, 9.17) is 15.2 Å². The van der Waals surface area contributed by atoms with Gasteiger partial charge in [0.05, 0.1) is 19.9 Å². The summed E-state index contributed by atoms with van der Waals surface area (Å²) in [4.78, 5) is 0. The van der Waals surface area contributed by atoms with Gasteiger partial charge in [0, 0.05) is 11.8 Å². The van der Waals surface area contributed by atoms with Gasteiger partial charge in [0.1, 0.15) is 17.2 Å². The van der Waals surface area contributed by atoms with Crippen LogP contribution in [0.1, 0.15) is 0 Å². The summed E-state index contributed by atoms with van der Waals surface area (Å²) < 4.78 is 10.3. The van der Waals surface area contributed by atoms with Gasteiger partial charge in [-0.1, -0.05) is 0 Å². The quantitative estimate of drug-likeness (QED) is 0.670. The number of hydrogen-bond acceptors (Lipinski definition) is 5. The number of azo groups is 1.